The molecule has 2 aliphatic rings. The maximum Gasteiger partial charge on any atom is 0.257 e. The Labute approximate surface area is 117 Å². The Morgan fingerprint density at radius 1 is 1.30 bits per heavy atom. The molecule has 2 atom stereocenters. The summed E-state index contributed by atoms with van der Waals surface area (Å²) in [7, 11) is 2.12. The molecule has 4 nitrogen and oxygen atoms in total. The van der Waals surface area contributed by atoms with Crippen molar-refractivity contribution < 1.29 is 14.3 Å². The minimum absolute atomic E-state index is 0.187. The molecule has 108 valence electrons. The van der Waals surface area contributed by atoms with Crippen LogP contribution in [0.5, 0.6) is 5.75 Å². The van der Waals surface area contributed by atoms with Crippen molar-refractivity contribution >= 4 is 5.91 Å². The number of fused-ring (bicyclic) bond motifs is 2. The van der Waals surface area contributed by atoms with E-state index < -0.39 is 5.82 Å². The lowest BCUT2D eigenvalue weighted by Crippen LogP contribution is -2.39. The number of aromatic hydroxyl groups is 1. The monoisotopic (exact) mass is 278 g/mol. The van der Waals surface area contributed by atoms with Crippen LogP contribution in [0.1, 0.15) is 29.6 Å². The maximum absolute atomic E-state index is 13.0. The zero-order chi connectivity index (χ0) is 14.3. The van der Waals surface area contributed by atoms with E-state index in [-0.39, 0.29) is 17.2 Å². The number of hydrogen-bond acceptors (Lipinski definition) is 3. The Bertz CT molecular complexity index is 535. The molecule has 2 saturated heterocycles. The first kappa shape index (κ1) is 13.4. The van der Waals surface area contributed by atoms with Gasteiger partial charge in [-0.2, -0.15) is 0 Å². The molecule has 2 bridgehead atoms. The minimum atomic E-state index is -0.534. The van der Waals surface area contributed by atoms with Crippen LogP contribution in [0.25, 0.3) is 0 Å². The molecule has 2 heterocycles. The summed E-state index contributed by atoms with van der Waals surface area (Å²) >= 11 is 0. The first-order chi connectivity index (χ1) is 9.56. The van der Waals surface area contributed by atoms with E-state index in [0.717, 1.165) is 18.9 Å². The number of benzene rings is 1. The lowest BCUT2D eigenvalue weighted by atomic mass is 10.1. The quantitative estimate of drug-likeness (QED) is 0.852. The van der Waals surface area contributed by atoms with Crippen LogP contribution in [-0.4, -0.2) is 53.0 Å². The van der Waals surface area contributed by atoms with Gasteiger partial charge < -0.3 is 10.0 Å². The summed E-state index contributed by atoms with van der Waals surface area (Å²) in [5.74, 6) is -1.02. The number of phenolic OH excluding ortho intramolecular Hbond substituents is 1. The largest absolute Gasteiger partial charge is 0.507 e. The van der Waals surface area contributed by atoms with E-state index in [0.29, 0.717) is 25.2 Å². The second kappa shape index (κ2) is 5.05. The van der Waals surface area contributed by atoms with Crippen molar-refractivity contribution in [1.29, 1.82) is 0 Å². The summed E-state index contributed by atoms with van der Waals surface area (Å²) in [6.07, 6.45) is 3.27. The van der Waals surface area contributed by atoms with Crippen molar-refractivity contribution in [3.8, 4) is 5.75 Å². The van der Waals surface area contributed by atoms with Crippen LogP contribution in [0.4, 0.5) is 4.39 Å². The number of amides is 1. The first-order valence-electron chi connectivity index (χ1n) is 7.06. The molecule has 1 aromatic carbocycles. The van der Waals surface area contributed by atoms with E-state index in [9.17, 15) is 14.3 Å². The predicted octanol–water partition coefficient (Wildman–Crippen LogP) is 1.84. The van der Waals surface area contributed by atoms with Gasteiger partial charge in [0.15, 0.2) is 0 Å². The van der Waals surface area contributed by atoms with E-state index in [2.05, 4.69) is 11.9 Å². The summed E-state index contributed by atoms with van der Waals surface area (Å²) in [6, 6.07) is 4.51. The number of carbonyl (C=O) groups is 1. The van der Waals surface area contributed by atoms with Crippen LogP contribution in [0.2, 0.25) is 0 Å². The molecular weight excluding hydrogens is 259 g/mol. The van der Waals surface area contributed by atoms with Crippen molar-refractivity contribution in [2.45, 2.75) is 31.3 Å². The molecule has 2 aliphatic heterocycles. The molecule has 1 N–H and O–H groups in total. The smallest absolute Gasteiger partial charge is 0.257 e. The second-order valence-electron chi connectivity index (χ2n) is 5.75. The highest BCUT2D eigenvalue weighted by Gasteiger charge is 2.36. The lowest BCUT2D eigenvalue weighted by molar-refractivity contribution is 0.0737. The van der Waals surface area contributed by atoms with Crippen molar-refractivity contribution in [1.82, 2.24) is 9.80 Å². The number of halogens is 1. The van der Waals surface area contributed by atoms with Crippen LogP contribution < -0.4 is 0 Å². The lowest BCUT2D eigenvalue weighted by Gasteiger charge is -2.26. The van der Waals surface area contributed by atoms with Gasteiger partial charge in [-0.1, -0.05) is 0 Å². The van der Waals surface area contributed by atoms with Gasteiger partial charge in [0.25, 0.3) is 5.91 Å². The second-order valence-corrected chi connectivity index (χ2v) is 5.75. The molecule has 1 amide bonds. The van der Waals surface area contributed by atoms with Crippen molar-refractivity contribution in [2.75, 3.05) is 20.1 Å². The fourth-order valence-electron chi connectivity index (χ4n) is 3.35. The maximum atomic E-state index is 13.0. The van der Waals surface area contributed by atoms with E-state index >= 15 is 0 Å². The van der Waals surface area contributed by atoms with Crippen LogP contribution in [-0.2, 0) is 0 Å². The van der Waals surface area contributed by atoms with E-state index in [1.807, 2.05) is 0 Å². The Morgan fingerprint density at radius 3 is 2.80 bits per heavy atom. The number of hydrogen-bond donors (Lipinski definition) is 1. The third-order valence-electron chi connectivity index (χ3n) is 4.63. The Kier molecular flexibility index (Phi) is 3.38. The van der Waals surface area contributed by atoms with Crippen LogP contribution in [0.15, 0.2) is 18.2 Å². The van der Waals surface area contributed by atoms with Crippen molar-refractivity contribution in [2.24, 2.45) is 0 Å². The molecule has 0 radical (unpaired) electrons. The van der Waals surface area contributed by atoms with Gasteiger partial charge in [-0.05, 0) is 38.4 Å². The van der Waals surface area contributed by atoms with Crippen molar-refractivity contribution in [3.05, 3.63) is 29.6 Å². The highest BCUT2D eigenvalue weighted by Crippen LogP contribution is 2.30. The molecule has 0 aliphatic carbocycles. The van der Waals surface area contributed by atoms with Gasteiger partial charge in [-0.15, -0.1) is 0 Å². The Balaban J connectivity index is 1.80. The zero-order valence-electron chi connectivity index (χ0n) is 11.6. The number of likely N-dealkylation sites (tertiary alicyclic amines) is 1. The molecule has 20 heavy (non-hydrogen) atoms. The minimum Gasteiger partial charge on any atom is -0.507 e. The van der Waals surface area contributed by atoms with Gasteiger partial charge in [0.1, 0.15) is 11.6 Å². The molecule has 1 aromatic rings. The van der Waals surface area contributed by atoms with E-state index in [1.54, 1.807) is 4.90 Å². The number of carbonyl (C=O) groups excluding carboxylic acids is 1. The van der Waals surface area contributed by atoms with Crippen molar-refractivity contribution in [3.63, 3.8) is 0 Å². The number of likely N-dealkylation sites (N-methyl/N-ethyl adjacent to an activating group) is 1. The molecule has 2 unspecified atom stereocenters. The van der Waals surface area contributed by atoms with Gasteiger partial charge >= 0.3 is 0 Å². The number of rotatable bonds is 1. The number of phenols is 1. The van der Waals surface area contributed by atoms with Gasteiger partial charge in [0.05, 0.1) is 5.56 Å². The van der Waals surface area contributed by atoms with Gasteiger partial charge in [-0.3, -0.25) is 9.69 Å². The molecular formula is C15H19FN2O2. The predicted molar refractivity (Wildman–Crippen MR) is 73.2 cm³/mol. The van der Waals surface area contributed by atoms with E-state index in [1.165, 1.54) is 18.6 Å². The summed E-state index contributed by atoms with van der Waals surface area (Å²) < 4.78 is 13.0. The van der Waals surface area contributed by atoms with E-state index in [4.69, 9.17) is 0 Å². The first-order valence-corrected chi connectivity index (χ1v) is 7.06. The van der Waals surface area contributed by atoms with Gasteiger partial charge in [0.2, 0.25) is 0 Å². The molecule has 0 aromatic heterocycles. The third kappa shape index (κ3) is 2.26. The Hall–Kier alpha value is -1.62. The van der Waals surface area contributed by atoms with Gasteiger partial charge in [0, 0.05) is 31.2 Å². The molecule has 0 saturated carbocycles. The fraction of sp³-hybridized carbons (Fsp3) is 0.533. The summed E-state index contributed by atoms with van der Waals surface area (Å²) in [4.78, 5) is 16.6. The molecule has 5 heteroatoms. The molecule has 2 fully saturated rings. The summed E-state index contributed by atoms with van der Waals surface area (Å²) in [5, 5.41) is 9.75. The topological polar surface area (TPSA) is 43.8 Å². The van der Waals surface area contributed by atoms with Crippen LogP contribution in [0, 0.1) is 5.82 Å². The van der Waals surface area contributed by atoms with Crippen LogP contribution in [0.3, 0.4) is 0 Å². The fourth-order valence-corrected chi connectivity index (χ4v) is 3.35. The standard InChI is InChI=1S/C15H19FN2O2/c1-17-11-3-4-12(17)9-18(7-6-11)15(20)13-5-2-10(16)8-14(13)19/h2,5,8,11-12,19H,3-4,6-7,9H2,1H3. The average molecular weight is 278 g/mol. The number of nitrogens with zero attached hydrogens (tertiary/aromatic N) is 2. The highest BCUT2D eigenvalue weighted by atomic mass is 19.1. The zero-order valence-corrected chi connectivity index (χ0v) is 11.6. The highest BCUT2D eigenvalue weighted by molar-refractivity contribution is 5.96. The SMILES string of the molecule is CN1C2CCC1CN(C(=O)c1ccc(F)cc1O)CC2. The Morgan fingerprint density at radius 2 is 2.05 bits per heavy atom. The van der Waals surface area contributed by atoms with Crippen LogP contribution >= 0.6 is 0 Å². The van der Waals surface area contributed by atoms with Gasteiger partial charge in [-0.25, -0.2) is 4.39 Å². The normalized spacial score (nSPS) is 26.6. The summed E-state index contributed by atoms with van der Waals surface area (Å²) in [6.45, 7) is 1.38. The molecule has 3 rings (SSSR count). The third-order valence-corrected chi connectivity index (χ3v) is 4.63. The average Bonchev–Trinajstić information content (AvgIpc) is 2.62. The summed E-state index contributed by atoms with van der Waals surface area (Å²) in [5.41, 5.74) is 0.187. The molecule has 0 spiro atoms.